The summed E-state index contributed by atoms with van der Waals surface area (Å²) < 4.78 is 5.38. The highest BCUT2D eigenvalue weighted by Crippen LogP contribution is 2.21. The molecule has 0 atom stereocenters. The Labute approximate surface area is 133 Å². The SMILES string of the molecule is O=C(c1cccc(Cl)c1)N(Cc1ccco1)c1ccccc1. The lowest BCUT2D eigenvalue weighted by molar-refractivity contribution is 0.0983. The molecule has 4 heteroatoms. The highest BCUT2D eigenvalue weighted by atomic mass is 35.5. The molecule has 0 radical (unpaired) electrons. The molecule has 1 amide bonds. The fraction of sp³-hybridized carbons (Fsp3) is 0.0556. The van der Waals surface area contributed by atoms with Gasteiger partial charge in [0.15, 0.2) is 0 Å². The Balaban J connectivity index is 1.96. The zero-order chi connectivity index (χ0) is 15.4. The number of carbonyl (C=O) groups excluding carboxylic acids is 1. The first kappa shape index (κ1) is 14.4. The molecule has 0 saturated heterocycles. The monoisotopic (exact) mass is 311 g/mol. The van der Waals surface area contributed by atoms with Crippen molar-refractivity contribution in [2.75, 3.05) is 4.90 Å². The third kappa shape index (κ3) is 3.21. The van der Waals surface area contributed by atoms with Crippen LogP contribution < -0.4 is 4.90 Å². The summed E-state index contributed by atoms with van der Waals surface area (Å²) in [4.78, 5) is 14.5. The Morgan fingerprint density at radius 2 is 1.82 bits per heavy atom. The lowest BCUT2D eigenvalue weighted by Gasteiger charge is -2.22. The van der Waals surface area contributed by atoms with Crippen molar-refractivity contribution >= 4 is 23.2 Å². The number of para-hydroxylation sites is 1. The van der Waals surface area contributed by atoms with Gasteiger partial charge in [-0.05, 0) is 42.5 Å². The number of rotatable bonds is 4. The standard InChI is InChI=1S/C18H14ClNO2/c19-15-7-4-6-14(12-15)18(21)20(13-17-10-5-11-22-17)16-8-2-1-3-9-16/h1-12H,13H2. The number of hydrogen-bond acceptors (Lipinski definition) is 2. The molecular weight excluding hydrogens is 298 g/mol. The van der Waals surface area contributed by atoms with Gasteiger partial charge in [0, 0.05) is 16.3 Å². The van der Waals surface area contributed by atoms with Crippen LogP contribution in [0.5, 0.6) is 0 Å². The predicted octanol–water partition coefficient (Wildman–Crippen LogP) is 4.78. The Morgan fingerprint density at radius 1 is 1.00 bits per heavy atom. The molecule has 22 heavy (non-hydrogen) atoms. The summed E-state index contributed by atoms with van der Waals surface area (Å²) in [6, 6.07) is 20.1. The molecule has 0 N–H and O–H groups in total. The third-order valence-corrected chi connectivity index (χ3v) is 3.51. The van der Waals surface area contributed by atoms with Crippen molar-refractivity contribution in [1.82, 2.24) is 0 Å². The molecule has 2 aromatic carbocycles. The first-order valence-corrected chi connectivity index (χ1v) is 7.27. The highest BCUT2D eigenvalue weighted by Gasteiger charge is 2.19. The second-order valence-corrected chi connectivity index (χ2v) is 5.25. The van der Waals surface area contributed by atoms with E-state index in [0.717, 1.165) is 11.4 Å². The lowest BCUT2D eigenvalue weighted by Crippen LogP contribution is -2.30. The van der Waals surface area contributed by atoms with Crippen LogP contribution in [0.3, 0.4) is 0 Å². The number of halogens is 1. The molecule has 0 spiro atoms. The van der Waals surface area contributed by atoms with E-state index in [9.17, 15) is 4.79 Å². The van der Waals surface area contributed by atoms with Crippen LogP contribution in [0.4, 0.5) is 5.69 Å². The van der Waals surface area contributed by atoms with E-state index in [2.05, 4.69) is 0 Å². The summed E-state index contributed by atoms with van der Waals surface area (Å²) in [5.41, 5.74) is 1.35. The van der Waals surface area contributed by atoms with Gasteiger partial charge in [-0.2, -0.15) is 0 Å². The largest absolute Gasteiger partial charge is 0.467 e. The molecular formula is C18H14ClNO2. The molecule has 0 aliphatic heterocycles. The van der Waals surface area contributed by atoms with Crippen LogP contribution in [-0.2, 0) is 6.54 Å². The van der Waals surface area contributed by atoms with Crippen LogP contribution in [0, 0.1) is 0 Å². The quantitative estimate of drug-likeness (QED) is 0.694. The van der Waals surface area contributed by atoms with E-state index in [4.69, 9.17) is 16.0 Å². The topological polar surface area (TPSA) is 33.5 Å². The predicted molar refractivity (Wildman–Crippen MR) is 87.1 cm³/mol. The van der Waals surface area contributed by atoms with Crippen LogP contribution in [0.15, 0.2) is 77.4 Å². The maximum absolute atomic E-state index is 12.8. The first-order chi connectivity index (χ1) is 10.7. The van der Waals surface area contributed by atoms with Gasteiger partial charge in [-0.1, -0.05) is 35.9 Å². The van der Waals surface area contributed by atoms with Gasteiger partial charge in [-0.15, -0.1) is 0 Å². The minimum absolute atomic E-state index is 0.120. The summed E-state index contributed by atoms with van der Waals surface area (Å²) in [7, 11) is 0. The Hall–Kier alpha value is -2.52. The number of hydrogen-bond donors (Lipinski definition) is 0. The van der Waals surface area contributed by atoms with Gasteiger partial charge in [-0.25, -0.2) is 0 Å². The normalized spacial score (nSPS) is 10.4. The van der Waals surface area contributed by atoms with Gasteiger partial charge in [0.05, 0.1) is 12.8 Å². The van der Waals surface area contributed by atoms with Crippen molar-refractivity contribution in [2.24, 2.45) is 0 Å². The Kier molecular flexibility index (Phi) is 4.26. The molecule has 0 aliphatic rings. The number of furan rings is 1. The molecule has 1 heterocycles. The number of carbonyl (C=O) groups is 1. The molecule has 0 saturated carbocycles. The maximum atomic E-state index is 12.8. The van der Waals surface area contributed by atoms with E-state index in [1.54, 1.807) is 35.4 Å². The van der Waals surface area contributed by atoms with Crippen LogP contribution in [0.1, 0.15) is 16.1 Å². The van der Waals surface area contributed by atoms with E-state index in [1.807, 2.05) is 42.5 Å². The second kappa shape index (κ2) is 6.50. The minimum Gasteiger partial charge on any atom is -0.467 e. The summed E-state index contributed by atoms with van der Waals surface area (Å²) >= 11 is 5.99. The third-order valence-electron chi connectivity index (χ3n) is 3.28. The highest BCUT2D eigenvalue weighted by molar-refractivity contribution is 6.31. The van der Waals surface area contributed by atoms with Crippen molar-refractivity contribution in [3.8, 4) is 0 Å². The van der Waals surface area contributed by atoms with Crippen LogP contribution in [0.2, 0.25) is 5.02 Å². The lowest BCUT2D eigenvalue weighted by atomic mass is 10.1. The summed E-state index contributed by atoms with van der Waals surface area (Å²) in [6.07, 6.45) is 1.60. The second-order valence-electron chi connectivity index (χ2n) is 4.82. The van der Waals surface area contributed by atoms with Crippen LogP contribution >= 0.6 is 11.6 Å². The summed E-state index contributed by atoms with van der Waals surface area (Å²) in [6.45, 7) is 0.363. The molecule has 0 bridgehead atoms. The maximum Gasteiger partial charge on any atom is 0.258 e. The molecule has 1 aromatic heterocycles. The van der Waals surface area contributed by atoms with E-state index in [-0.39, 0.29) is 5.91 Å². The fourth-order valence-corrected chi connectivity index (χ4v) is 2.41. The molecule has 3 nitrogen and oxygen atoms in total. The minimum atomic E-state index is -0.120. The average molecular weight is 312 g/mol. The summed E-state index contributed by atoms with van der Waals surface area (Å²) in [5.74, 6) is 0.601. The smallest absolute Gasteiger partial charge is 0.258 e. The van der Waals surface area contributed by atoms with Crippen molar-refractivity contribution in [3.63, 3.8) is 0 Å². The number of amides is 1. The van der Waals surface area contributed by atoms with Crippen molar-refractivity contribution < 1.29 is 9.21 Å². The zero-order valence-corrected chi connectivity index (χ0v) is 12.5. The number of anilines is 1. The zero-order valence-electron chi connectivity index (χ0n) is 11.8. The van der Waals surface area contributed by atoms with Gasteiger partial charge >= 0.3 is 0 Å². The van der Waals surface area contributed by atoms with Gasteiger partial charge in [-0.3, -0.25) is 4.79 Å². The van der Waals surface area contributed by atoms with E-state index in [1.165, 1.54) is 0 Å². The van der Waals surface area contributed by atoms with E-state index >= 15 is 0 Å². The van der Waals surface area contributed by atoms with Gasteiger partial charge < -0.3 is 9.32 Å². The van der Waals surface area contributed by atoms with Gasteiger partial charge in [0.25, 0.3) is 5.91 Å². The average Bonchev–Trinajstić information content (AvgIpc) is 3.06. The van der Waals surface area contributed by atoms with Gasteiger partial charge in [0.2, 0.25) is 0 Å². The Bertz CT molecular complexity index is 754. The van der Waals surface area contributed by atoms with Crippen molar-refractivity contribution in [3.05, 3.63) is 89.3 Å². The molecule has 0 unspecified atom stereocenters. The molecule has 0 aliphatic carbocycles. The molecule has 0 fully saturated rings. The molecule has 3 aromatic rings. The van der Waals surface area contributed by atoms with Crippen LogP contribution in [-0.4, -0.2) is 5.91 Å². The van der Waals surface area contributed by atoms with Gasteiger partial charge in [0.1, 0.15) is 5.76 Å². The molecule has 3 rings (SSSR count). The fourth-order valence-electron chi connectivity index (χ4n) is 2.22. The number of nitrogens with zero attached hydrogens (tertiary/aromatic N) is 1. The number of benzene rings is 2. The van der Waals surface area contributed by atoms with Crippen LogP contribution in [0.25, 0.3) is 0 Å². The van der Waals surface area contributed by atoms with E-state index < -0.39 is 0 Å². The first-order valence-electron chi connectivity index (χ1n) is 6.89. The Morgan fingerprint density at radius 3 is 2.50 bits per heavy atom. The molecule has 110 valence electrons. The van der Waals surface area contributed by atoms with E-state index in [0.29, 0.717) is 17.1 Å². The van der Waals surface area contributed by atoms with Crippen molar-refractivity contribution in [2.45, 2.75) is 6.54 Å². The van der Waals surface area contributed by atoms with Crippen molar-refractivity contribution in [1.29, 1.82) is 0 Å². The summed E-state index contributed by atoms with van der Waals surface area (Å²) in [5, 5.41) is 0.539.